The quantitative estimate of drug-likeness (QED) is 0.449. The molecule has 3 aromatic rings. The molecule has 3 aromatic carbocycles. The third-order valence-corrected chi connectivity index (χ3v) is 5.82. The molecule has 1 aliphatic heterocycles. The van der Waals surface area contributed by atoms with Gasteiger partial charge < -0.3 is 9.47 Å². The SMILES string of the molecule is CC[C@H](CC(=O)N1C(=O)OC[C@@H]1c1ccccc1)c1cccc(OCc2ccccc2)c1. The van der Waals surface area contributed by atoms with E-state index in [-0.39, 0.29) is 30.9 Å². The van der Waals surface area contributed by atoms with Crippen molar-refractivity contribution in [1.29, 1.82) is 0 Å². The van der Waals surface area contributed by atoms with E-state index < -0.39 is 6.09 Å². The summed E-state index contributed by atoms with van der Waals surface area (Å²) in [5.74, 6) is 0.524. The highest BCUT2D eigenvalue weighted by atomic mass is 16.6. The van der Waals surface area contributed by atoms with Crippen LogP contribution >= 0.6 is 0 Å². The van der Waals surface area contributed by atoms with Gasteiger partial charge in [0, 0.05) is 6.42 Å². The van der Waals surface area contributed by atoms with E-state index in [2.05, 4.69) is 0 Å². The lowest BCUT2D eigenvalue weighted by Gasteiger charge is -2.23. The number of carbonyl (C=O) groups excluding carboxylic acids is 2. The van der Waals surface area contributed by atoms with E-state index in [1.54, 1.807) is 0 Å². The Bertz CT molecular complexity index is 1050. The first-order valence-electron chi connectivity index (χ1n) is 11.0. The van der Waals surface area contributed by atoms with Crippen LogP contribution in [0.5, 0.6) is 5.75 Å². The van der Waals surface area contributed by atoms with Gasteiger partial charge in [-0.15, -0.1) is 0 Å². The van der Waals surface area contributed by atoms with Crippen LogP contribution in [0.1, 0.15) is 48.4 Å². The number of cyclic esters (lactones) is 1. The van der Waals surface area contributed by atoms with Crippen LogP contribution in [-0.2, 0) is 16.1 Å². The van der Waals surface area contributed by atoms with Crippen molar-refractivity contribution in [1.82, 2.24) is 4.90 Å². The highest BCUT2D eigenvalue weighted by Crippen LogP contribution is 2.32. The molecule has 0 saturated carbocycles. The topological polar surface area (TPSA) is 55.8 Å². The van der Waals surface area contributed by atoms with Crippen LogP contribution < -0.4 is 4.74 Å². The molecule has 1 aliphatic rings. The molecule has 0 aliphatic carbocycles. The van der Waals surface area contributed by atoms with Gasteiger partial charge in [0.05, 0.1) is 0 Å². The normalized spacial score (nSPS) is 16.5. The molecule has 2 atom stereocenters. The van der Waals surface area contributed by atoms with Crippen LogP contribution in [0, 0.1) is 0 Å². The van der Waals surface area contributed by atoms with Crippen molar-refractivity contribution in [2.45, 2.75) is 38.3 Å². The maximum Gasteiger partial charge on any atom is 0.417 e. The van der Waals surface area contributed by atoms with Crippen LogP contribution in [0.2, 0.25) is 0 Å². The van der Waals surface area contributed by atoms with Gasteiger partial charge in [-0.25, -0.2) is 9.69 Å². The van der Waals surface area contributed by atoms with E-state index in [0.29, 0.717) is 6.61 Å². The maximum atomic E-state index is 13.2. The standard InChI is InChI=1S/C27H27NO4/c1-2-21(23-14-9-15-24(16-23)31-18-20-10-5-3-6-11-20)17-26(29)28-25(19-32-27(28)30)22-12-7-4-8-13-22/h3-16,21,25H,2,17-19H2,1H3/t21-,25-/m1/s1. The third kappa shape index (κ3) is 4.99. The number of hydrogen-bond donors (Lipinski definition) is 0. The molecule has 2 amide bonds. The average molecular weight is 430 g/mol. The largest absolute Gasteiger partial charge is 0.489 e. The lowest BCUT2D eigenvalue weighted by Crippen LogP contribution is -2.35. The molecule has 0 aromatic heterocycles. The first-order valence-corrected chi connectivity index (χ1v) is 11.0. The number of imide groups is 1. The van der Waals surface area contributed by atoms with E-state index >= 15 is 0 Å². The van der Waals surface area contributed by atoms with Gasteiger partial charge in [-0.3, -0.25) is 4.79 Å². The van der Waals surface area contributed by atoms with Crippen molar-refractivity contribution in [2.24, 2.45) is 0 Å². The minimum absolute atomic E-state index is 0.0207. The zero-order valence-electron chi connectivity index (χ0n) is 18.1. The fourth-order valence-corrected chi connectivity index (χ4v) is 4.02. The minimum atomic E-state index is -0.571. The predicted octanol–water partition coefficient (Wildman–Crippen LogP) is 5.87. The van der Waals surface area contributed by atoms with Gasteiger partial charge in [-0.2, -0.15) is 0 Å². The summed E-state index contributed by atoms with van der Waals surface area (Å²) < 4.78 is 11.2. The fourth-order valence-electron chi connectivity index (χ4n) is 4.02. The second-order valence-corrected chi connectivity index (χ2v) is 7.92. The van der Waals surface area contributed by atoms with Crippen molar-refractivity contribution < 1.29 is 19.1 Å². The van der Waals surface area contributed by atoms with Crippen molar-refractivity contribution >= 4 is 12.0 Å². The lowest BCUT2D eigenvalue weighted by molar-refractivity contribution is -0.129. The Labute approximate surface area is 188 Å². The second kappa shape index (κ2) is 10.1. The molecular weight excluding hydrogens is 402 g/mol. The van der Waals surface area contributed by atoms with Crippen molar-refractivity contribution in [3.8, 4) is 5.75 Å². The fraction of sp³-hybridized carbons (Fsp3) is 0.259. The molecule has 4 rings (SSSR count). The van der Waals surface area contributed by atoms with Gasteiger partial charge in [0.25, 0.3) is 0 Å². The smallest absolute Gasteiger partial charge is 0.417 e. The van der Waals surface area contributed by atoms with Crippen molar-refractivity contribution in [2.75, 3.05) is 6.61 Å². The number of hydrogen-bond acceptors (Lipinski definition) is 4. The van der Waals surface area contributed by atoms with Crippen LogP contribution in [0.4, 0.5) is 4.79 Å². The summed E-state index contributed by atoms with van der Waals surface area (Å²) in [6.07, 6.45) is 0.433. The summed E-state index contributed by atoms with van der Waals surface area (Å²) in [7, 11) is 0. The van der Waals surface area contributed by atoms with Gasteiger partial charge in [-0.1, -0.05) is 79.7 Å². The Morgan fingerprint density at radius 1 is 1.03 bits per heavy atom. The molecule has 5 nitrogen and oxygen atoms in total. The van der Waals surface area contributed by atoms with E-state index in [1.165, 1.54) is 4.90 Å². The van der Waals surface area contributed by atoms with Crippen LogP contribution in [0.15, 0.2) is 84.9 Å². The molecule has 5 heteroatoms. The summed E-state index contributed by atoms with van der Waals surface area (Å²) in [6.45, 7) is 2.72. The number of ether oxygens (including phenoxy) is 2. The predicted molar refractivity (Wildman–Crippen MR) is 122 cm³/mol. The number of benzene rings is 3. The Hall–Kier alpha value is -3.60. The lowest BCUT2D eigenvalue weighted by atomic mass is 9.92. The van der Waals surface area contributed by atoms with Crippen LogP contribution in [-0.4, -0.2) is 23.5 Å². The number of nitrogens with zero attached hydrogens (tertiary/aromatic N) is 1. The highest BCUT2D eigenvalue weighted by Gasteiger charge is 2.39. The summed E-state index contributed by atoms with van der Waals surface area (Å²) in [6, 6.07) is 27.0. The third-order valence-electron chi connectivity index (χ3n) is 5.82. The molecule has 0 radical (unpaired) electrons. The minimum Gasteiger partial charge on any atom is -0.489 e. The van der Waals surface area contributed by atoms with Crippen LogP contribution in [0.3, 0.4) is 0 Å². The molecule has 1 heterocycles. The van der Waals surface area contributed by atoms with E-state index in [1.807, 2.05) is 91.9 Å². The van der Waals surface area contributed by atoms with E-state index in [9.17, 15) is 9.59 Å². The molecule has 0 bridgehead atoms. The first-order chi connectivity index (χ1) is 15.7. The number of carbonyl (C=O) groups is 2. The Balaban J connectivity index is 1.45. The molecule has 0 spiro atoms. The van der Waals surface area contributed by atoms with Crippen molar-refractivity contribution in [3.63, 3.8) is 0 Å². The highest BCUT2D eigenvalue weighted by molar-refractivity contribution is 5.94. The Morgan fingerprint density at radius 2 is 1.75 bits per heavy atom. The molecule has 0 N–H and O–H groups in total. The van der Waals surface area contributed by atoms with E-state index in [0.717, 1.165) is 28.9 Å². The molecular formula is C27H27NO4. The zero-order chi connectivity index (χ0) is 22.3. The molecule has 164 valence electrons. The molecule has 1 fully saturated rings. The Kier molecular flexibility index (Phi) is 6.85. The molecule has 1 saturated heterocycles. The number of amides is 2. The van der Waals surface area contributed by atoms with Gasteiger partial charge in [0.15, 0.2) is 0 Å². The summed E-state index contributed by atoms with van der Waals surface area (Å²) in [5, 5.41) is 0. The Morgan fingerprint density at radius 3 is 2.47 bits per heavy atom. The average Bonchev–Trinajstić information content (AvgIpc) is 3.24. The monoisotopic (exact) mass is 429 g/mol. The van der Waals surface area contributed by atoms with Crippen LogP contribution in [0.25, 0.3) is 0 Å². The summed E-state index contributed by atoms with van der Waals surface area (Å²) in [5.41, 5.74) is 3.02. The number of rotatable bonds is 8. The van der Waals surface area contributed by atoms with Gasteiger partial charge in [-0.05, 0) is 41.2 Å². The first kappa shape index (κ1) is 21.6. The van der Waals surface area contributed by atoms with Gasteiger partial charge in [0.1, 0.15) is 25.0 Å². The summed E-state index contributed by atoms with van der Waals surface area (Å²) >= 11 is 0. The zero-order valence-corrected chi connectivity index (χ0v) is 18.1. The van der Waals surface area contributed by atoms with Gasteiger partial charge >= 0.3 is 6.09 Å². The molecule has 32 heavy (non-hydrogen) atoms. The van der Waals surface area contributed by atoms with Crippen molar-refractivity contribution in [3.05, 3.63) is 102 Å². The maximum absolute atomic E-state index is 13.2. The summed E-state index contributed by atoms with van der Waals surface area (Å²) in [4.78, 5) is 26.8. The molecule has 0 unspecified atom stereocenters. The van der Waals surface area contributed by atoms with E-state index in [4.69, 9.17) is 9.47 Å². The van der Waals surface area contributed by atoms with Gasteiger partial charge in [0.2, 0.25) is 5.91 Å². The second-order valence-electron chi connectivity index (χ2n) is 7.92.